The zero-order chi connectivity index (χ0) is 27.4. The van der Waals surface area contributed by atoms with Crippen molar-refractivity contribution in [1.29, 1.82) is 0 Å². The van der Waals surface area contributed by atoms with Crippen LogP contribution in [0, 0.1) is 46.3 Å². The van der Waals surface area contributed by atoms with E-state index in [0.29, 0.717) is 30.1 Å². The zero-order valence-corrected chi connectivity index (χ0v) is 22.9. The molecule has 2 amide bonds. The summed E-state index contributed by atoms with van der Waals surface area (Å²) in [6, 6.07) is -1.37. The van der Waals surface area contributed by atoms with Gasteiger partial charge in [-0.2, -0.15) is 21.6 Å². The number of urea groups is 1. The van der Waals surface area contributed by atoms with Gasteiger partial charge in [0.1, 0.15) is 0 Å². The topological polar surface area (TPSA) is 116 Å². The van der Waals surface area contributed by atoms with Crippen LogP contribution >= 0.6 is 0 Å². The Balaban J connectivity index is 1.39. The average Bonchev–Trinajstić information content (AvgIpc) is 3.13. The van der Waals surface area contributed by atoms with Crippen LogP contribution in [0.15, 0.2) is 0 Å². The van der Waals surface area contributed by atoms with Gasteiger partial charge in [0.25, 0.3) is 0 Å². The van der Waals surface area contributed by atoms with Gasteiger partial charge in [-0.3, -0.25) is 0 Å². The molecule has 7 nitrogen and oxygen atoms in total. The van der Waals surface area contributed by atoms with Gasteiger partial charge in [-0.25, -0.2) is 9.52 Å². The number of sulfonamides is 1. The fourth-order valence-corrected chi connectivity index (χ4v) is 9.74. The Hall–Kier alpha value is -1.07. The molecule has 214 valence electrons. The lowest BCUT2D eigenvalue weighted by atomic mass is 9.41. The quantitative estimate of drug-likeness (QED) is 0.361. The summed E-state index contributed by atoms with van der Waals surface area (Å²) < 4.78 is 60.5. The van der Waals surface area contributed by atoms with Crippen LogP contribution in [0.5, 0.6) is 0 Å². The second-order valence-corrected chi connectivity index (χ2v) is 14.3. The molecule has 4 aliphatic rings. The third kappa shape index (κ3) is 5.01. The highest BCUT2D eigenvalue weighted by Crippen LogP contribution is 2.69. The maximum absolute atomic E-state index is 12.5. The average molecular weight is 553 g/mol. The summed E-state index contributed by atoms with van der Waals surface area (Å²) in [5.41, 5.74) is -5.34. The number of fused-ring (bicyclic) bond motifs is 5. The number of amides is 2. The first kappa shape index (κ1) is 28.9. The Labute approximate surface area is 218 Å². The molecule has 11 heteroatoms. The van der Waals surface area contributed by atoms with E-state index in [1.54, 1.807) is 0 Å². The van der Waals surface area contributed by atoms with Crippen molar-refractivity contribution in [2.45, 2.75) is 103 Å². The molecule has 4 rings (SSSR count). The van der Waals surface area contributed by atoms with E-state index in [-0.39, 0.29) is 41.4 Å². The van der Waals surface area contributed by atoms with Crippen molar-refractivity contribution in [3.8, 4) is 0 Å². The van der Waals surface area contributed by atoms with Gasteiger partial charge in [0, 0.05) is 6.54 Å². The Morgan fingerprint density at radius 1 is 1.00 bits per heavy atom. The van der Waals surface area contributed by atoms with E-state index in [0.717, 1.165) is 62.5 Å². The molecule has 37 heavy (non-hydrogen) atoms. The van der Waals surface area contributed by atoms with E-state index in [1.807, 2.05) is 0 Å². The summed E-state index contributed by atoms with van der Waals surface area (Å²) in [4.78, 5) is 11.7. The summed E-state index contributed by atoms with van der Waals surface area (Å²) in [7, 11) is -5.72. The van der Waals surface area contributed by atoms with Crippen molar-refractivity contribution in [2.75, 3.05) is 6.54 Å². The van der Waals surface area contributed by atoms with Gasteiger partial charge in [0.15, 0.2) is 0 Å². The number of halogens is 3. The van der Waals surface area contributed by atoms with Crippen molar-refractivity contribution < 1.29 is 36.6 Å². The molecule has 4 aliphatic carbocycles. The second kappa shape index (κ2) is 10.2. The Morgan fingerprint density at radius 2 is 1.65 bits per heavy atom. The number of aliphatic hydroxyl groups excluding tert-OH is 2. The van der Waals surface area contributed by atoms with E-state index in [2.05, 4.69) is 26.1 Å². The number of hydrogen-bond donors (Lipinski definition) is 4. The monoisotopic (exact) mass is 552 g/mol. The summed E-state index contributed by atoms with van der Waals surface area (Å²) >= 11 is 0. The predicted octanol–water partition coefficient (Wildman–Crippen LogP) is 4.54. The van der Waals surface area contributed by atoms with Crippen LogP contribution in [0.2, 0.25) is 0 Å². The van der Waals surface area contributed by atoms with E-state index >= 15 is 0 Å². The fraction of sp³-hybridized carbons (Fsp3) is 0.962. The van der Waals surface area contributed by atoms with Crippen LogP contribution in [-0.2, 0) is 10.0 Å². The van der Waals surface area contributed by atoms with E-state index in [4.69, 9.17) is 0 Å². The lowest BCUT2D eigenvalue weighted by molar-refractivity contribution is -0.202. The van der Waals surface area contributed by atoms with Gasteiger partial charge in [-0.05, 0) is 104 Å². The zero-order valence-electron chi connectivity index (χ0n) is 22.1. The van der Waals surface area contributed by atoms with Gasteiger partial charge in [0.2, 0.25) is 0 Å². The largest absolute Gasteiger partial charge is 0.516 e. The van der Waals surface area contributed by atoms with Crippen LogP contribution in [0.4, 0.5) is 18.0 Å². The van der Waals surface area contributed by atoms with Crippen molar-refractivity contribution in [3.63, 3.8) is 0 Å². The molecule has 4 saturated carbocycles. The number of carbonyl (C=O) groups excluding carboxylic acids is 1. The molecule has 4 N–H and O–H groups in total. The summed E-state index contributed by atoms with van der Waals surface area (Å²) in [6.07, 6.45) is 8.38. The van der Waals surface area contributed by atoms with Crippen molar-refractivity contribution in [2.24, 2.45) is 46.3 Å². The number of rotatable bonds is 6. The Morgan fingerprint density at radius 3 is 2.30 bits per heavy atom. The highest BCUT2D eigenvalue weighted by atomic mass is 32.2. The van der Waals surface area contributed by atoms with Crippen LogP contribution in [0.25, 0.3) is 0 Å². The summed E-state index contributed by atoms with van der Waals surface area (Å²) in [5, 5.41) is 24.4. The van der Waals surface area contributed by atoms with Crippen molar-refractivity contribution in [1.82, 2.24) is 10.0 Å². The van der Waals surface area contributed by atoms with Gasteiger partial charge in [-0.15, -0.1) is 0 Å². The molecule has 0 aliphatic heterocycles. The molecule has 0 unspecified atom stereocenters. The van der Waals surface area contributed by atoms with Gasteiger partial charge >= 0.3 is 21.6 Å². The van der Waals surface area contributed by atoms with Crippen molar-refractivity contribution in [3.05, 3.63) is 0 Å². The third-order valence-electron chi connectivity index (χ3n) is 11.1. The molecule has 10 atom stereocenters. The van der Waals surface area contributed by atoms with E-state index in [1.165, 1.54) is 0 Å². The predicted molar refractivity (Wildman–Crippen MR) is 133 cm³/mol. The minimum atomic E-state index is -5.72. The SMILES string of the molecule is CC[C@H]1[C@@H](O)[C@@H]2[C@H](CC[C@]3(C)[C@@H](CCCNC(=O)NS(=O)(=O)C(F)(F)F)CC[C@@H]23)[C@@]2(C)CC[C@@H](O)C[C@@H]12. The number of hydrogen-bond acceptors (Lipinski definition) is 5. The summed E-state index contributed by atoms with van der Waals surface area (Å²) in [5.74, 6) is 2.00. The maximum atomic E-state index is 12.5. The van der Waals surface area contributed by atoms with Crippen LogP contribution < -0.4 is 10.0 Å². The smallest absolute Gasteiger partial charge is 0.393 e. The molecule has 0 spiro atoms. The van der Waals surface area contributed by atoms with E-state index < -0.39 is 21.6 Å². The Kier molecular flexibility index (Phi) is 7.94. The van der Waals surface area contributed by atoms with Gasteiger partial charge in [-0.1, -0.05) is 27.2 Å². The number of aliphatic hydroxyl groups is 2. The number of carbonyl (C=O) groups is 1. The van der Waals surface area contributed by atoms with E-state index in [9.17, 15) is 36.6 Å². The molecule has 4 fully saturated rings. The third-order valence-corrected chi connectivity index (χ3v) is 12.2. The second-order valence-electron chi connectivity index (χ2n) is 12.7. The molecule has 0 saturated heterocycles. The minimum absolute atomic E-state index is 0.0553. The first-order valence-corrected chi connectivity index (χ1v) is 15.4. The Bertz CT molecular complexity index is 962. The molecule has 0 bridgehead atoms. The number of alkyl halides is 3. The molecular weight excluding hydrogens is 509 g/mol. The van der Waals surface area contributed by atoms with Crippen LogP contribution in [0.3, 0.4) is 0 Å². The normalized spacial score (nSPS) is 43.9. The molecule has 0 radical (unpaired) electrons. The standard InChI is InChI=1S/C26H43F3N2O5S/c1-4-17-20-14-16(32)9-11-25(20,3)19-10-12-24(2)15(7-8-18(24)21(19)22(17)33)6-5-13-30-23(34)31-37(35,36)26(27,28)29/h15-22,32-33H,4-14H2,1-3H3,(H2,30,31,34)/t15-,16+,17+,18-,19-,20-,21-,22+,24+,25+/m0/s1. The van der Waals surface area contributed by atoms with Gasteiger partial charge in [0.05, 0.1) is 12.2 Å². The first-order chi connectivity index (χ1) is 17.2. The maximum Gasteiger partial charge on any atom is 0.516 e. The molecule has 0 aromatic carbocycles. The molecule has 0 heterocycles. The summed E-state index contributed by atoms with van der Waals surface area (Å²) in [6.45, 7) is 6.97. The van der Waals surface area contributed by atoms with Crippen molar-refractivity contribution >= 4 is 16.1 Å². The molecular formula is C26H43F3N2O5S. The minimum Gasteiger partial charge on any atom is -0.393 e. The highest BCUT2D eigenvalue weighted by molar-refractivity contribution is 7.90. The van der Waals surface area contributed by atoms with Crippen LogP contribution in [-0.4, -0.2) is 48.9 Å². The fourth-order valence-electron chi connectivity index (χ4n) is 9.31. The molecule has 0 aromatic heterocycles. The lowest BCUT2D eigenvalue weighted by Gasteiger charge is -2.64. The number of nitrogens with one attached hydrogen (secondary N) is 2. The van der Waals surface area contributed by atoms with Crippen LogP contribution in [0.1, 0.15) is 85.0 Å². The lowest BCUT2D eigenvalue weighted by Crippen LogP contribution is -2.62. The first-order valence-electron chi connectivity index (χ1n) is 13.9. The van der Waals surface area contributed by atoms with Gasteiger partial charge < -0.3 is 15.5 Å². The molecule has 0 aromatic rings. The highest BCUT2D eigenvalue weighted by Gasteiger charge is 2.64.